The van der Waals surface area contributed by atoms with Crippen molar-refractivity contribution in [2.75, 3.05) is 26.8 Å². The smallest absolute Gasteiger partial charge is 0.289 e. The van der Waals surface area contributed by atoms with Gasteiger partial charge in [0.1, 0.15) is 11.9 Å². The lowest BCUT2D eigenvalue weighted by molar-refractivity contribution is -0.0965. The van der Waals surface area contributed by atoms with E-state index in [1.54, 1.807) is 4.90 Å². The van der Waals surface area contributed by atoms with Crippen LogP contribution in [0.5, 0.6) is 5.75 Å². The van der Waals surface area contributed by atoms with Gasteiger partial charge < -0.3 is 18.8 Å². The first kappa shape index (κ1) is 19.6. The second-order valence-electron chi connectivity index (χ2n) is 7.84. The van der Waals surface area contributed by atoms with Crippen LogP contribution in [0.2, 0.25) is 0 Å². The maximum absolute atomic E-state index is 12.8. The molecule has 8 heteroatoms. The summed E-state index contributed by atoms with van der Waals surface area (Å²) in [7, 11) is 1.38. The highest BCUT2D eigenvalue weighted by atomic mass is 16.5. The maximum Gasteiger partial charge on any atom is 0.289 e. The Kier molecular flexibility index (Phi) is 4.86. The number of hydrogen-bond donors (Lipinski definition) is 0. The number of benzene rings is 1. The van der Waals surface area contributed by atoms with E-state index < -0.39 is 5.60 Å². The fourth-order valence-electron chi connectivity index (χ4n) is 4.38. The number of carbonyl (C=O) groups excluding carboxylic acids is 1. The third-order valence-corrected chi connectivity index (χ3v) is 6.08. The van der Waals surface area contributed by atoms with Crippen molar-refractivity contribution in [1.82, 2.24) is 14.7 Å². The van der Waals surface area contributed by atoms with Gasteiger partial charge in [0.05, 0.1) is 25.1 Å². The molecule has 0 N–H and O–H groups in total. The van der Waals surface area contributed by atoms with Gasteiger partial charge in [0.15, 0.2) is 5.76 Å². The lowest BCUT2D eigenvalue weighted by atomic mass is 9.83. The van der Waals surface area contributed by atoms with E-state index in [1.165, 1.54) is 25.0 Å². The molecule has 0 unspecified atom stereocenters. The highest BCUT2D eigenvalue weighted by Gasteiger charge is 2.44. The lowest BCUT2D eigenvalue weighted by Gasteiger charge is -2.42. The number of rotatable bonds is 3. The van der Waals surface area contributed by atoms with Crippen molar-refractivity contribution in [3.63, 3.8) is 0 Å². The van der Waals surface area contributed by atoms with Crippen LogP contribution in [0.1, 0.15) is 34.7 Å². The molecule has 0 saturated carbocycles. The summed E-state index contributed by atoms with van der Waals surface area (Å²) in [4.78, 5) is 26.5. The normalized spacial score (nSPS) is 17.4. The average molecular weight is 421 g/mol. The minimum atomic E-state index is -0.495. The van der Waals surface area contributed by atoms with Crippen molar-refractivity contribution in [2.45, 2.75) is 24.9 Å². The van der Waals surface area contributed by atoms with Gasteiger partial charge in [0, 0.05) is 25.4 Å². The number of hydrogen-bond acceptors (Lipinski definition) is 6. The summed E-state index contributed by atoms with van der Waals surface area (Å²) >= 11 is 0. The van der Waals surface area contributed by atoms with Crippen molar-refractivity contribution in [2.24, 2.45) is 0 Å². The molecule has 1 fully saturated rings. The minimum Gasteiger partial charge on any atom is -0.490 e. The quantitative estimate of drug-likeness (QED) is 0.646. The summed E-state index contributed by atoms with van der Waals surface area (Å²) in [5.41, 5.74) is 2.29. The number of ether oxygens (including phenoxy) is 2. The van der Waals surface area contributed by atoms with Crippen LogP contribution in [0, 0.1) is 0 Å². The van der Waals surface area contributed by atoms with E-state index in [0.29, 0.717) is 32.5 Å². The molecule has 2 aliphatic heterocycles. The second-order valence-corrected chi connectivity index (χ2v) is 7.84. The number of para-hydroxylation sites is 1. The van der Waals surface area contributed by atoms with Crippen molar-refractivity contribution in [3.05, 3.63) is 76.1 Å². The molecular formula is C23H23N3O5. The summed E-state index contributed by atoms with van der Waals surface area (Å²) in [6, 6.07) is 11.2. The molecule has 0 radical (unpaired) electrons. The Morgan fingerprint density at radius 2 is 1.97 bits per heavy atom. The van der Waals surface area contributed by atoms with Crippen LogP contribution in [0.4, 0.5) is 0 Å². The molecule has 0 atom stereocenters. The Balaban J connectivity index is 1.36. The standard InChI is InChI=1S/C23H23N3O5/c1-29-20-15-30-19(13-18(20)27)22(28)25-10-8-23(9-11-25)21-16(7-12-31-23)14-26(24-21)17-5-3-2-4-6-17/h2-6,13-15H,7-12H2,1H3. The summed E-state index contributed by atoms with van der Waals surface area (Å²) in [6.45, 7) is 1.62. The Morgan fingerprint density at radius 3 is 2.68 bits per heavy atom. The summed E-state index contributed by atoms with van der Waals surface area (Å²) in [5, 5.41) is 4.87. The van der Waals surface area contributed by atoms with Gasteiger partial charge in [0.2, 0.25) is 11.2 Å². The van der Waals surface area contributed by atoms with Crippen LogP contribution >= 0.6 is 0 Å². The molecule has 1 saturated heterocycles. The number of likely N-dealkylation sites (tertiary alicyclic amines) is 1. The Hall–Kier alpha value is -3.39. The third-order valence-electron chi connectivity index (χ3n) is 6.08. The van der Waals surface area contributed by atoms with Crippen LogP contribution in [-0.2, 0) is 16.8 Å². The Labute approximate surface area is 179 Å². The number of amides is 1. The van der Waals surface area contributed by atoms with Crippen molar-refractivity contribution < 1.29 is 18.7 Å². The van der Waals surface area contributed by atoms with Gasteiger partial charge in [-0.15, -0.1) is 0 Å². The first-order valence-electron chi connectivity index (χ1n) is 10.3. The zero-order valence-corrected chi connectivity index (χ0v) is 17.2. The number of carbonyl (C=O) groups is 1. The number of piperidine rings is 1. The lowest BCUT2D eigenvalue weighted by Crippen LogP contribution is -2.48. The van der Waals surface area contributed by atoms with E-state index >= 15 is 0 Å². The maximum atomic E-state index is 12.8. The molecule has 0 aliphatic carbocycles. The second kappa shape index (κ2) is 7.70. The Morgan fingerprint density at radius 1 is 1.19 bits per heavy atom. The fourth-order valence-corrected chi connectivity index (χ4v) is 4.38. The number of nitrogens with zero attached hydrogens (tertiary/aromatic N) is 3. The van der Waals surface area contributed by atoms with Crippen LogP contribution in [-0.4, -0.2) is 47.4 Å². The molecule has 5 rings (SSSR count). The van der Waals surface area contributed by atoms with Crippen LogP contribution in [0.3, 0.4) is 0 Å². The molecular weight excluding hydrogens is 398 g/mol. The monoisotopic (exact) mass is 421 g/mol. The summed E-state index contributed by atoms with van der Waals surface area (Å²) < 4.78 is 18.4. The first-order valence-corrected chi connectivity index (χ1v) is 10.3. The first-order chi connectivity index (χ1) is 15.1. The number of methoxy groups -OCH3 is 1. The van der Waals surface area contributed by atoms with E-state index in [9.17, 15) is 9.59 Å². The number of aromatic nitrogens is 2. The SMILES string of the molecule is COc1coc(C(=O)N2CCC3(CC2)OCCc2cn(-c4ccccc4)nc23)cc1=O. The average Bonchev–Trinajstić information content (AvgIpc) is 3.26. The van der Waals surface area contributed by atoms with Gasteiger partial charge in [-0.25, -0.2) is 4.68 Å². The predicted octanol–water partition coefficient (Wildman–Crippen LogP) is 2.54. The molecule has 2 aromatic heterocycles. The van der Waals surface area contributed by atoms with Crippen LogP contribution in [0.15, 0.2) is 58.1 Å². The molecule has 160 valence electrons. The van der Waals surface area contributed by atoms with Gasteiger partial charge in [-0.3, -0.25) is 9.59 Å². The van der Waals surface area contributed by atoms with Gasteiger partial charge in [-0.2, -0.15) is 5.10 Å². The van der Waals surface area contributed by atoms with Gasteiger partial charge in [0.25, 0.3) is 5.91 Å². The van der Waals surface area contributed by atoms with Crippen molar-refractivity contribution in [1.29, 1.82) is 0 Å². The zero-order chi connectivity index (χ0) is 21.4. The van der Waals surface area contributed by atoms with Gasteiger partial charge in [-0.1, -0.05) is 18.2 Å². The van der Waals surface area contributed by atoms with E-state index in [2.05, 4.69) is 6.20 Å². The highest BCUT2D eigenvalue weighted by Crippen LogP contribution is 2.41. The molecule has 3 aromatic rings. The zero-order valence-electron chi connectivity index (χ0n) is 17.2. The highest BCUT2D eigenvalue weighted by molar-refractivity contribution is 5.91. The van der Waals surface area contributed by atoms with Gasteiger partial charge >= 0.3 is 0 Å². The van der Waals surface area contributed by atoms with E-state index in [1.807, 2.05) is 35.0 Å². The molecule has 0 bridgehead atoms. The molecule has 2 aliphatic rings. The predicted molar refractivity (Wildman–Crippen MR) is 112 cm³/mol. The molecule has 8 nitrogen and oxygen atoms in total. The fraction of sp³-hybridized carbons (Fsp3) is 0.348. The van der Waals surface area contributed by atoms with Gasteiger partial charge in [-0.05, 0) is 37.0 Å². The van der Waals surface area contributed by atoms with E-state index in [0.717, 1.165) is 17.8 Å². The van der Waals surface area contributed by atoms with Crippen LogP contribution < -0.4 is 10.2 Å². The van der Waals surface area contributed by atoms with Crippen LogP contribution in [0.25, 0.3) is 5.69 Å². The molecule has 1 spiro atoms. The largest absolute Gasteiger partial charge is 0.490 e. The topological polar surface area (TPSA) is 86.8 Å². The summed E-state index contributed by atoms with van der Waals surface area (Å²) in [5.74, 6) is -0.216. The third kappa shape index (κ3) is 3.42. The summed E-state index contributed by atoms with van der Waals surface area (Å²) in [6.07, 6.45) is 5.35. The van der Waals surface area contributed by atoms with E-state index in [4.69, 9.17) is 19.0 Å². The molecule has 1 aromatic carbocycles. The minimum absolute atomic E-state index is 0.0142. The van der Waals surface area contributed by atoms with Crippen molar-refractivity contribution in [3.8, 4) is 11.4 Å². The molecule has 31 heavy (non-hydrogen) atoms. The number of fused-ring (bicyclic) bond motifs is 2. The van der Waals surface area contributed by atoms with Crippen molar-refractivity contribution >= 4 is 5.91 Å². The molecule has 4 heterocycles. The Bertz CT molecular complexity index is 1160. The molecule has 1 amide bonds. The van der Waals surface area contributed by atoms with E-state index in [-0.39, 0.29) is 22.8 Å².